The molecule has 1 fully saturated rings. The molecule has 0 unspecified atom stereocenters. The van der Waals surface area contributed by atoms with Crippen LogP contribution in [-0.4, -0.2) is 42.6 Å². The van der Waals surface area contributed by atoms with Gasteiger partial charge in [0.25, 0.3) is 5.91 Å². The lowest BCUT2D eigenvalue weighted by Gasteiger charge is -2.37. The average Bonchev–Trinajstić information content (AvgIpc) is 2.41. The van der Waals surface area contributed by atoms with Crippen molar-refractivity contribution in [2.45, 2.75) is 19.8 Å². The Kier molecular flexibility index (Phi) is 4.10. The lowest BCUT2D eigenvalue weighted by atomic mass is 9.80. The van der Waals surface area contributed by atoms with Crippen molar-refractivity contribution in [3.63, 3.8) is 0 Å². The summed E-state index contributed by atoms with van der Waals surface area (Å²) in [5.41, 5.74) is 0.506. The van der Waals surface area contributed by atoms with Gasteiger partial charge >= 0.3 is 0 Å². The van der Waals surface area contributed by atoms with Crippen molar-refractivity contribution in [1.82, 2.24) is 10.2 Å². The predicted molar refractivity (Wildman–Crippen MR) is 75.3 cm³/mol. The summed E-state index contributed by atoms with van der Waals surface area (Å²) >= 11 is 0. The van der Waals surface area contributed by atoms with E-state index in [9.17, 15) is 9.90 Å². The summed E-state index contributed by atoms with van der Waals surface area (Å²) in [7, 11) is 2.13. The minimum Gasteiger partial charge on any atom is -0.507 e. The Morgan fingerprint density at radius 3 is 2.63 bits per heavy atom. The molecule has 0 bridgehead atoms. The number of benzene rings is 1. The molecular formula is C15H22N2O2. The third-order valence-electron chi connectivity index (χ3n) is 4.02. The van der Waals surface area contributed by atoms with Gasteiger partial charge in [-0.25, -0.2) is 0 Å². The van der Waals surface area contributed by atoms with E-state index < -0.39 is 0 Å². The van der Waals surface area contributed by atoms with Crippen LogP contribution in [0, 0.1) is 5.41 Å². The first kappa shape index (κ1) is 13.9. The molecule has 4 nitrogen and oxygen atoms in total. The molecule has 1 aliphatic rings. The van der Waals surface area contributed by atoms with Gasteiger partial charge < -0.3 is 15.3 Å². The number of nitrogens with one attached hydrogen (secondary N) is 1. The highest BCUT2D eigenvalue weighted by molar-refractivity contribution is 5.96. The van der Waals surface area contributed by atoms with Crippen LogP contribution in [0.4, 0.5) is 0 Å². The Hall–Kier alpha value is -1.55. The topological polar surface area (TPSA) is 52.6 Å². The van der Waals surface area contributed by atoms with Crippen LogP contribution in [0.5, 0.6) is 5.75 Å². The minimum absolute atomic E-state index is 0.0357. The van der Waals surface area contributed by atoms with Crippen LogP contribution in [0.25, 0.3) is 0 Å². The number of likely N-dealkylation sites (tertiary alicyclic amines) is 1. The van der Waals surface area contributed by atoms with Crippen molar-refractivity contribution in [1.29, 1.82) is 0 Å². The molecule has 1 aromatic carbocycles. The maximum absolute atomic E-state index is 12.0. The highest BCUT2D eigenvalue weighted by atomic mass is 16.3. The summed E-state index contributed by atoms with van der Waals surface area (Å²) in [5.74, 6) is -0.160. The first-order valence-electron chi connectivity index (χ1n) is 6.75. The van der Waals surface area contributed by atoms with Gasteiger partial charge in [0.05, 0.1) is 5.56 Å². The molecule has 2 N–H and O–H groups in total. The molecule has 0 spiro atoms. The molecule has 0 aromatic heterocycles. The largest absolute Gasteiger partial charge is 0.507 e. The van der Waals surface area contributed by atoms with E-state index in [1.165, 1.54) is 6.07 Å². The van der Waals surface area contributed by atoms with Gasteiger partial charge in [-0.3, -0.25) is 4.79 Å². The molecule has 1 aromatic rings. The van der Waals surface area contributed by atoms with Crippen LogP contribution in [-0.2, 0) is 0 Å². The number of nitrogens with zero attached hydrogens (tertiary/aromatic N) is 1. The zero-order valence-electron chi connectivity index (χ0n) is 11.6. The Morgan fingerprint density at radius 1 is 1.37 bits per heavy atom. The number of para-hydroxylation sites is 1. The molecule has 1 amide bonds. The van der Waals surface area contributed by atoms with E-state index in [4.69, 9.17) is 0 Å². The molecule has 2 rings (SSSR count). The average molecular weight is 262 g/mol. The summed E-state index contributed by atoms with van der Waals surface area (Å²) in [6, 6.07) is 6.64. The number of carbonyl (C=O) groups is 1. The monoisotopic (exact) mass is 262 g/mol. The summed E-state index contributed by atoms with van der Waals surface area (Å²) < 4.78 is 0. The quantitative estimate of drug-likeness (QED) is 0.874. The second-order valence-electron chi connectivity index (χ2n) is 5.81. The van der Waals surface area contributed by atoms with Gasteiger partial charge in [-0.1, -0.05) is 19.1 Å². The van der Waals surface area contributed by atoms with Crippen molar-refractivity contribution in [2.75, 3.05) is 26.7 Å². The van der Waals surface area contributed by atoms with Crippen LogP contribution in [0.3, 0.4) is 0 Å². The smallest absolute Gasteiger partial charge is 0.255 e. The lowest BCUT2D eigenvalue weighted by molar-refractivity contribution is 0.0889. The van der Waals surface area contributed by atoms with Crippen LogP contribution in [0.1, 0.15) is 30.1 Å². The maximum Gasteiger partial charge on any atom is 0.255 e. The van der Waals surface area contributed by atoms with E-state index in [1.54, 1.807) is 18.2 Å². The fraction of sp³-hybridized carbons (Fsp3) is 0.533. The van der Waals surface area contributed by atoms with Crippen molar-refractivity contribution in [2.24, 2.45) is 5.41 Å². The van der Waals surface area contributed by atoms with Gasteiger partial charge in [-0.05, 0) is 50.5 Å². The summed E-state index contributed by atoms with van der Waals surface area (Å²) in [6.45, 7) is 5.02. The Labute approximate surface area is 114 Å². The molecule has 4 heteroatoms. The molecule has 0 aliphatic carbocycles. The number of hydrogen-bond donors (Lipinski definition) is 2. The normalized spacial score (nSPS) is 19.1. The number of phenols is 1. The lowest BCUT2D eigenvalue weighted by Crippen LogP contribution is -2.43. The zero-order valence-corrected chi connectivity index (χ0v) is 11.6. The number of piperidine rings is 1. The fourth-order valence-electron chi connectivity index (χ4n) is 2.39. The molecule has 0 radical (unpaired) electrons. The summed E-state index contributed by atoms with van der Waals surface area (Å²) in [6.07, 6.45) is 2.18. The van der Waals surface area contributed by atoms with Gasteiger partial charge in [0.1, 0.15) is 5.75 Å². The molecular weight excluding hydrogens is 240 g/mol. The maximum atomic E-state index is 12.0. The molecule has 104 valence electrons. The van der Waals surface area contributed by atoms with Crippen LogP contribution < -0.4 is 5.32 Å². The van der Waals surface area contributed by atoms with Gasteiger partial charge in [-0.15, -0.1) is 0 Å². The predicted octanol–water partition coefficient (Wildman–Crippen LogP) is 1.85. The number of aromatic hydroxyl groups is 1. The number of carbonyl (C=O) groups excluding carboxylic acids is 1. The van der Waals surface area contributed by atoms with E-state index in [1.807, 2.05) is 0 Å². The third-order valence-corrected chi connectivity index (χ3v) is 4.02. The standard InChI is InChI=1S/C15H22N2O2/c1-15(7-9-17(2)10-8-15)11-16-14(19)12-5-3-4-6-13(12)18/h3-6,18H,7-11H2,1-2H3,(H,16,19). The van der Waals surface area contributed by atoms with E-state index in [0.717, 1.165) is 25.9 Å². The first-order valence-corrected chi connectivity index (χ1v) is 6.75. The van der Waals surface area contributed by atoms with E-state index >= 15 is 0 Å². The highest BCUT2D eigenvalue weighted by Gasteiger charge is 2.29. The van der Waals surface area contributed by atoms with E-state index in [-0.39, 0.29) is 17.1 Å². The Morgan fingerprint density at radius 2 is 2.00 bits per heavy atom. The molecule has 0 saturated carbocycles. The second kappa shape index (κ2) is 5.61. The molecule has 1 heterocycles. The zero-order chi connectivity index (χ0) is 13.9. The van der Waals surface area contributed by atoms with Gasteiger partial charge in [0.2, 0.25) is 0 Å². The number of hydrogen-bond acceptors (Lipinski definition) is 3. The van der Waals surface area contributed by atoms with Gasteiger partial charge in [-0.2, -0.15) is 0 Å². The third kappa shape index (κ3) is 3.47. The van der Waals surface area contributed by atoms with Crippen molar-refractivity contribution < 1.29 is 9.90 Å². The van der Waals surface area contributed by atoms with Crippen molar-refractivity contribution in [3.05, 3.63) is 29.8 Å². The summed E-state index contributed by atoms with van der Waals surface area (Å²) in [4.78, 5) is 14.3. The van der Waals surface area contributed by atoms with Gasteiger partial charge in [0.15, 0.2) is 0 Å². The van der Waals surface area contributed by atoms with Gasteiger partial charge in [0, 0.05) is 6.54 Å². The highest BCUT2D eigenvalue weighted by Crippen LogP contribution is 2.29. The van der Waals surface area contributed by atoms with E-state index in [0.29, 0.717) is 12.1 Å². The van der Waals surface area contributed by atoms with E-state index in [2.05, 4.69) is 24.2 Å². The molecule has 19 heavy (non-hydrogen) atoms. The number of rotatable bonds is 3. The van der Waals surface area contributed by atoms with Crippen LogP contribution in [0.2, 0.25) is 0 Å². The minimum atomic E-state index is -0.196. The van der Waals surface area contributed by atoms with Crippen LogP contribution >= 0.6 is 0 Å². The molecule has 1 aliphatic heterocycles. The van der Waals surface area contributed by atoms with Crippen molar-refractivity contribution >= 4 is 5.91 Å². The van der Waals surface area contributed by atoms with Crippen molar-refractivity contribution in [3.8, 4) is 5.75 Å². The Balaban J connectivity index is 1.92. The summed E-state index contributed by atoms with van der Waals surface area (Å²) in [5, 5.41) is 12.6. The molecule has 0 atom stereocenters. The molecule has 1 saturated heterocycles. The fourth-order valence-corrected chi connectivity index (χ4v) is 2.39. The van der Waals surface area contributed by atoms with Crippen LogP contribution in [0.15, 0.2) is 24.3 Å². The first-order chi connectivity index (χ1) is 9.00. The second-order valence-corrected chi connectivity index (χ2v) is 5.81. The number of phenolic OH excluding ortho intramolecular Hbond substituents is 1. The number of amides is 1. The SMILES string of the molecule is CN1CCC(C)(CNC(=O)c2ccccc2O)CC1. The Bertz CT molecular complexity index is 451.